The minimum atomic E-state index is -0.0973. The summed E-state index contributed by atoms with van der Waals surface area (Å²) in [6, 6.07) is 15.9. The molecule has 0 spiro atoms. The van der Waals surface area contributed by atoms with Crippen LogP contribution in [0.4, 0.5) is 5.69 Å². The molecule has 2 aromatic carbocycles. The van der Waals surface area contributed by atoms with Crippen LogP contribution in [0.15, 0.2) is 48.5 Å². The Hall–Kier alpha value is -2.53. The molecule has 1 aliphatic heterocycles. The van der Waals surface area contributed by atoms with E-state index in [9.17, 15) is 4.79 Å². The summed E-state index contributed by atoms with van der Waals surface area (Å²) in [6.45, 7) is 3.38. The lowest BCUT2D eigenvalue weighted by molar-refractivity contribution is -0.129. The zero-order valence-electron chi connectivity index (χ0n) is 15.4. The number of ether oxygens (including phenoxy) is 1. The van der Waals surface area contributed by atoms with E-state index in [-0.39, 0.29) is 11.9 Å². The molecule has 0 radical (unpaired) electrons. The minimum absolute atomic E-state index is 0.0165. The van der Waals surface area contributed by atoms with Gasteiger partial charge in [0.15, 0.2) is 0 Å². The van der Waals surface area contributed by atoms with Crippen molar-refractivity contribution in [1.82, 2.24) is 4.90 Å². The lowest BCUT2D eigenvalue weighted by Gasteiger charge is -2.27. The first-order valence-electron chi connectivity index (χ1n) is 8.98. The first-order chi connectivity index (χ1) is 12.6. The third-order valence-corrected chi connectivity index (χ3v) is 4.90. The molecule has 5 nitrogen and oxygen atoms in total. The van der Waals surface area contributed by atoms with Crippen LogP contribution >= 0.6 is 0 Å². The van der Waals surface area contributed by atoms with E-state index in [0.717, 1.165) is 30.0 Å². The van der Waals surface area contributed by atoms with Crippen LogP contribution in [0.25, 0.3) is 5.32 Å². The third-order valence-electron chi connectivity index (χ3n) is 4.90. The first kappa shape index (κ1) is 18.3. The first-order valence-corrected chi connectivity index (χ1v) is 8.98. The van der Waals surface area contributed by atoms with Gasteiger partial charge in [-0.15, -0.1) is 12.2 Å². The van der Waals surface area contributed by atoms with Gasteiger partial charge in [-0.1, -0.05) is 48.0 Å². The lowest BCUT2D eigenvalue weighted by Crippen LogP contribution is -2.40. The molecular weight excluding hydrogens is 326 g/mol. The van der Waals surface area contributed by atoms with Crippen molar-refractivity contribution in [2.24, 2.45) is 5.73 Å². The fourth-order valence-corrected chi connectivity index (χ4v) is 3.55. The zero-order chi connectivity index (χ0) is 18.5. The number of carbonyl (C=O) groups is 1. The van der Waals surface area contributed by atoms with E-state index in [2.05, 4.69) is 11.4 Å². The van der Waals surface area contributed by atoms with Gasteiger partial charge in [0.2, 0.25) is 5.91 Å². The largest absolute Gasteiger partial charge is 0.684 e. The van der Waals surface area contributed by atoms with Crippen LogP contribution < -0.4 is 10.5 Å². The van der Waals surface area contributed by atoms with Gasteiger partial charge in [0.25, 0.3) is 0 Å². The molecule has 0 fully saturated rings. The van der Waals surface area contributed by atoms with Crippen molar-refractivity contribution in [3.05, 3.63) is 65.0 Å². The van der Waals surface area contributed by atoms with Crippen LogP contribution in [0.2, 0.25) is 0 Å². The highest BCUT2D eigenvalue weighted by molar-refractivity contribution is 5.73. The van der Waals surface area contributed by atoms with Gasteiger partial charge in [-0.2, -0.15) is 0 Å². The second kappa shape index (κ2) is 8.23. The highest BCUT2D eigenvalue weighted by atomic mass is 16.5. The molecule has 2 aromatic rings. The molecule has 0 aliphatic carbocycles. The number of methoxy groups -OCH3 is 1. The van der Waals surface area contributed by atoms with Gasteiger partial charge in [0.05, 0.1) is 7.11 Å². The fourth-order valence-electron chi connectivity index (χ4n) is 3.55. The molecule has 0 aromatic heterocycles. The molecule has 138 valence electrons. The Bertz CT molecular complexity index is 762. The van der Waals surface area contributed by atoms with Crippen molar-refractivity contribution in [3.8, 4) is 5.75 Å². The van der Waals surface area contributed by atoms with Crippen LogP contribution in [-0.2, 0) is 11.3 Å². The Balaban J connectivity index is 1.64. The predicted molar refractivity (Wildman–Crippen MR) is 104 cm³/mol. The van der Waals surface area contributed by atoms with Gasteiger partial charge in [-0.3, -0.25) is 4.79 Å². The zero-order valence-corrected chi connectivity index (χ0v) is 15.4. The number of amides is 1. The van der Waals surface area contributed by atoms with Gasteiger partial charge in [-0.05, 0) is 18.4 Å². The molecule has 1 amide bonds. The molecule has 0 bridgehead atoms. The minimum Gasteiger partial charge on any atom is -0.684 e. The normalized spacial score (nSPS) is 16.5. The van der Waals surface area contributed by atoms with Crippen molar-refractivity contribution in [2.45, 2.75) is 31.8 Å². The number of nitrogens with zero attached hydrogens (tertiary/aromatic N) is 2. The quantitative estimate of drug-likeness (QED) is 0.828. The number of benzene rings is 2. The maximum atomic E-state index is 12.1. The van der Waals surface area contributed by atoms with Gasteiger partial charge in [-0.25, -0.2) is 0 Å². The smallest absolute Gasteiger partial charge is 0.219 e. The number of fused-ring (bicyclic) bond motifs is 1. The number of carbonyl (C=O) groups excluding carboxylic acids is 1. The van der Waals surface area contributed by atoms with Crippen molar-refractivity contribution in [2.75, 3.05) is 20.2 Å². The summed E-state index contributed by atoms with van der Waals surface area (Å²) in [5.74, 6) is 1.14. The van der Waals surface area contributed by atoms with Crippen molar-refractivity contribution >= 4 is 11.6 Å². The SMILES string of the molecule is COc1ccccc1CN(CC(N)C[C@H]1C[N-]c2ccccc21)C(C)=O. The summed E-state index contributed by atoms with van der Waals surface area (Å²) in [4.78, 5) is 13.9. The fraction of sp³-hybridized carbons (Fsp3) is 0.381. The van der Waals surface area contributed by atoms with E-state index in [0.29, 0.717) is 19.0 Å². The summed E-state index contributed by atoms with van der Waals surface area (Å²) >= 11 is 0. The summed E-state index contributed by atoms with van der Waals surface area (Å²) < 4.78 is 5.40. The van der Waals surface area contributed by atoms with Gasteiger partial charge in [0.1, 0.15) is 5.75 Å². The van der Waals surface area contributed by atoms with Crippen LogP contribution in [0.1, 0.15) is 30.4 Å². The van der Waals surface area contributed by atoms with E-state index < -0.39 is 0 Å². The molecule has 1 unspecified atom stereocenters. The third kappa shape index (κ3) is 4.17. The number of hydrogen-bond donors (Lipinski definition) is 1. The van der Waals surface area contributed by atoms with Gasteiger partial charge >= 0.3 is 0 Å². The topological polar surface area (TPSA) is 69.7 Å². The van der Waals surface area contributed by atoms with Crippen LogP contribution in [0.5, 0.6) is 5.75 Å². The predicted octanol–water partition coefficient (Wildman–Crippen LogP) is 3.56. The number of para-hydroxylation sites is 2. The summed E-state index contributed by atoms with van der Waals surface area (Å²) in [5, 5.41) is 4.59. The Morgan fingerprint density at radius 3 is 2.77 bits per heavy atom. The van der Waals surface area contributed by atoms with Crippen molar-refractivity contribution in [1.29, 1.82) is 0 Å². The molecule has 1 heterocycles. The Morgan fingerprint density at radius 2 is 2.00 bits per heavy atom. The van der Waals surface area contributed by atoms with Crippen molar-refractivity contribution in [3.63, 3.8) is 0 Å². The van der Waals surface area contributed by atoms with E-state index in [4.69, 9.17) is 10.5 Å². The van der Waals surface area contributed by atoms with E-state index in [1.807, 2.05) is 42.5 Å². The van der Waals surface area contributed by atoms with E-state index in [1.165, 1.54) is 5.56 Å². The molecular formula is C21H26N3O2-. The molecule has 2 N–H and O–H groups in total. The Kier molecular flexibility index (Phi) is 5.78. The average Bonchev–Trinajstić information content (AvgIpc) is 3.04. The molecule has 3 rings (SSSR count). The highest BCUT2D eigenvalue weighted by Crippen LogP contribution is 2.41. The maximum Gasteiger partial charge on any atom is 0.219 e. The summed E-state index contributed by atoms with van der Waals surface area (Å²) in [6.07, 6.45) is 0.816. The molecule has 0 saturated heterocycles. The maximum absolute atomic E-state index is 12.1. The summed E-state index contributed by atoms with van der Waals surface area (Å²) in [7, 11) is 1.64. The molecule has 0 saturated carbocycles. The van der Waals surface area contributed by atoms with E-state index >= 15 is 0 Å². The monoisotopic (exact) mass is 352 g/mol. The second-order valence-electron chi connectivity index (χ2n) is 6.80. The molecule has 26 heavy (non-hydrogen) atoms. The number of rotatable bonds is 7. The molecule has 1 aliphatic rings. The van der Waals surface area contributed by atoms with Crippen molar-refractivity contribution < 1.29 is 9.53 Å². The van der Waals surface area contributed by atoms with Gasteiger partial charge in [0, 0.05) is 31.6 Å². The molecule has 5 heteroatoms. The van der Waals surface area contributed by atoms with Crippen LogP contribution in [0.3, 0.4) is 0 Å². The average molecular weight is 352 g/mol. The van der Waals surface area contributed by atoms with E-state index in [1.54, 1.807) is 18.9 Å². The standard InChI is InChI=1S/C21H26N3O2/c1-15(25)24(13-16-7-3-6-10-21(16)26-2)14-18(22)11-17-12-23-20-9-5-4-8-19(17)20/h3-10,17-18H,11-14,22H2,1-2H3/q-1/t17-,18?/m0/s1. The Labute approximate surface area is 155 Å². The van der Waals surface area contributed by atoms with Crippen LogP contribution in [-0.4, -0.2) is 37.0 Å². The van der Waals surface area contributed by atoms with Gasteiger partial charge < -0.3 is 20.7 Å². The summed E-state index contributed by atoms with van der Waals surface area (Å²) in [5.41, 5.74) is 9.73. The number of nitrogens with two attached hydrogens (primary N) is 1. The Morgan fingerprint density at radius 1 is 1.27 bits per heavy atom. The van der Waals surface area contributed by atoms with Crippen LogP contribution in [0, 0.1) is 0 Å². The lowest BCUT2D eigenvalue weighted by atomic mass is 9.94. The highest BCUT2D eigenvalue weighted by Gasteiger charge is 2.21. The number of hydrogen-bond acceptors (Lipinski definition) is 3. The molecule has 2 atom stereocenters. The second-order valence-corrected chi connectivity index (χ2v) is 6.80.